The Hall–Kier alpha value is -2.77. The summed E-state index contributed by atoms with van der Waals surface area (Å²) in [5.41, 5.74) is 0.415. The predicted molar refractivity (Wildman–Crippen MR) is 76.8 cm³/mol. The van der Waals surface area contributed by atoms with Crippen LogP contribution in [0.15, 0.2) is 18.2 Å². The van der Waals surface area contributed by atoms with Crippen LogP contribution in [0.25, 0.3) is 0 Å². The summed E-state index contributed by atoms with van der Waals surface area (Å²) in [4.78, 5) is 24.7. The predicted octanol–water partition coefficient (Wildman–Crippen LogP) is 2.25. The van der Waals surface area contributed by atoms with Crippen LogP contribution in [0.4, 0.5) is 11.6 Å². The molecule has 0 bridgehead atoms. The van der Waals surface area contributed by atoms with Gasteiger partial charge in [0, 0.05) is 19.7 Å². The molecule has 0 aliphatic rings. The largest absolute Gasteiger partial charge is 0.417 e. The van der Waals surface area contributed by atoms with Crippen LogP contribution in [0.1, 0.15) is 11.4 Å². The molecular weight excluding hydrogens is 274 g/mol. The zero-order valence-electron chi connectivity index (χ0n) is 12.2. The number of hydrogen-bond donors (Lipinski definition) is 0. The van der Waals surface area contributed by atoms with Gasteiger partial charge in [0.1, 0.15) is 5.82 Å². The number of ether oxygens (including phenoxy) is 1. The molecule has 8 nitrogen and oxygen atoms in total. The summed E-state index contributed by atoms with van der Waals surface area (Å²) in [5, 5.41) is 11.1. The number of nitro benzene ring substituents is 1. The SMILES string of the molecule is Cc1nc(Oc2cccc(C)c2[N+](=O)[O-])nc(N(C)C)n1. The molecule has 1 aromatic carbocycles. The highest BCUT2D eigenvalue weighted by Gasteiger charge is 2.20. The molecule has 0 aliphatic heterocycles. The summed E-state index contributed by atoms with van der Waals surface area (Å²) in [6, 6.07) is 4.87. The minimum atomic E-state index is -0.481. The van der Waals surface area contributed by atoms with Gasteiger partial charge in [0.2, 0.25) is 11.7 Å². The first kappa shape index (κ1) is 14.6. The molecule has 110 valence electrons. The van der Waals surface area contributed by atoms with E-state index in [1.165, 1.54) is 6.07 Å². The van der Waals surface area contributed by atoms with Gasteiger partial charge in [-0.25, -0.2) is 0 Å². The van der Waals surface area contributed by atoms with Gasteiger partial charge in [-0.3, -0.25) is 10.1 Å². The average molecular weight is 289 g/mol. The van der Waals surface area contributed by atoms with E-state index >= 15 is 0 Å². The second-order valence-corrected chi connectivity index (χ2v) is 4.64. The Labute approximate surface area is 121 Å². The van der Waals surface area contributed by atoms with E-state index in [0.29, 0.717) is 17.3 Å². The number of nitro groups is 1. The maximum absolute atomic E-state index is 11.1. The summed E-state index contributed by atoms with van der Waals surface area (Å²) in [5.74, 6) is 1.00. The minimum Gasteiger partial charge on any atom is -0.417 e. The normalized spacial score (nSPS) is 10.3. The van der Waals surface area contributed by atoms with Crippen molar-refractivity contribution in [1.82, 2.24) is 15.0 Å². The Bertz CT molecular complexity index is 688. The van der Waals surface area contributed by atoms with Crippen molar-refractivity contribution in [2.45, 2.75) is 13.8 Å². The van der Waals surface area contributed by atoms with Gasteiger partial charge in [0.25, 0.3) is 0 Å². The molecule has 0 saturated heterocycles. The topological polar surface area (TPSA) is 94.3 Å². The molecule has 0 radical (unpaired) electrons. The van der Waals surface area contributed by atoms with E-state index in [-0.39, 0.29) is 17.4 Å². The maximum Gasteiger partial charge on any atom is 0.327 e. The molecule has 0 amide bonds. The van der Waals surface area contributed by atoms with E-state index in [4.69, 9.17) is 4.74 Å². The van der Waals surface area contributed by atoms with Crippen LogP contribution in [0.5, 0.6) is 11.8 Å². The molecule has 0 N–H and O–H groups in total. The Balaban J connectivity index is 2.43. The molecule has 2 rings (SSSR count). The second kappa shape index (κ2) is 5.70. The third-order valence-electron chi connectivity index (χ3n) is 2.70. The third kappa shape index (κ3) is 3.22. The van der Waals surface area contributed by atoms with Gasteiger partial charge in [0.05, 0.1) is 4.92 Å². The zero-order valence-corrected chi connectivity index (χ0v) is 12.2. The first-order chi connectivity index (χ1) is 9.88. The molecule has 1 aromatic heterocycles. The van der Waals surface area contributed by atoms with Gasteiger partial charge in [-0.05, 0) is 19.9 Å². The standard InChI is InChI=1S/C13H15N5O3/c1-8-6-5-7-10(11(8)18(19)20)21-13-15-9(2)14-12(16-13)17(3)4/h5-7H,1-4H3. The summed E-state index contributed by atoms with van der Waals surface area (Å²) >= 11 is 0. The van der Waals surface area contributed by atoms with E-state index < -0.39 is 4.92 Å². The van der Waals surface area contributed by atoms with Crippen LogP contribution < -0.4 is 9.64 Å². The molecule has 2 aromatic rings. The smallest absolute Gasteiger partial charge is 0.327 e. The van der Waals surface area contributed by atoms with Crippen molar-refractivity contribution in [1.29, 1.82) is 0 Å². The molecule has 0 aliphatic carbocycles. The first-order valence-corrected chi connectivity index (χ1v) is 6.20. The quantitative estimate of drug-likeness (QED) is 0.629. The summed E-state index contributed by atoms with van der Waals surface area (Å²) in [6.45, 7) is 3.35. The summed E-state index contributed by atoms with van der Waals surface area (Å²) in [7, 11) is 3.57. The van der Waals surface area contributed by atoms with Crippen LogP contribution in [0, 0.1) is 24.0 Å². The highest BCUT2D eigenvalue weighted by atomic mass is 16.6. The molecule has 0 fully saturated rings. The molecule has 21 heavy (non-hydrogen) atoms. The van der Waals surface area contributed by atoms with Gasteiger partial charge < -0.3 is 9.64 Å². The fraction of sp³-hybridized carbons (Fsp3) is 0.308. The van der Waals surface area contributed by atoms with Crippen molar-refractivity contribution < 1.29 is 9.66 Å². The fourth-order valence-electron chi connectivity index (χ4n) is 1.74. The van der Waals surface area contributed by atoms with E-state index in [1.807, 2.05) is 0 Å². The van der Waals surface area contributed by atoms with E-state index in [1.54, 1.807) is 45.0 Å². The van der Waals surface area contributed by atoms with Crippen LogP contribution in [-0.4, -0.2) is 34.0 Å². The lowest BCUT2D eigenvalue weighted by atomic mass is 10.2. The lowest BCUT2D eigenvalue weighted by Gasteiger charge is -2.12. The van der Waals surface area contributed by atoms with Crippen LogP contribution in [0.2, 0.25) is 0 Å². The molecule has 0 spiro atoms. The van der Waals surface area contributed by atoms with Crippen LogP contribution in [-0.2, 0) is 0 Å². The van der Waals surface area contributed by atoms with Gasteiger partial charge in [-0.1, -0.05) is 12.1 Å². The van der Waals surface area contributed by atoms with Gasteiger partial charge in [-0.2, -0.15) is 15.0 Å². The highest BCUT2D eigenvalue weighted by molar-refractivity contribution is 5.53. The van der Waals surface area contributed by atoms with Crippen LogP contribution >= 0.6 is 0 Å². The first-order valence-electron chi connectivity index (χ1n) is 6.20. The van der Waals surface area contributed by atoms with Crippen molar-refractivity contribution in [3.05, 3.63) is 39.7 Å². The number of benzene rings is 1. The minimum absolute atomic E-state index is 0.0277. The molecule has 0 atom stereocenters. The van der Waals surface area contributed by atoms with Gasteiger partial charge in [-0.15, -0.1) is 0 Å². The van der Waals surface area contributed by atoms with E-state index in [2.05, 4.69) is 15.0 Å². The highest BCUT2D eigenvalue weighted by Crippen LogP contribution is 2.32. The monoisotopic (exact) mass is 289 g/mol. The van der Waals surface area contributed by atoms with Crippen LogP contribution in [0.3, 0.4) is 0 Å². The summed E-state index contributed by atoms with van der Waals surface area (Å²) in [6.07, 6.45) is 0. The molecule has 0 saturated carbocycles. The lowest BCUT2D eigenvalue weighted by molar-refractivity contribution is -0.386. The number of aromatic nitrogens is 3. The Morgan fingerprint density at radius 3 is 2.52 bits per heavy atom. The number of para-hydroxylation sites is 1. The Kier molecular flexibility index (Phi) is 3.97. The van der Waals surface area contributed by atoms with Crippen molar-refractivity contribution >= 4 is 11.6 Å². The van der Waals surface area contributed by atoms with Gasteiger partial charge >= 0.3 is 11.7 Å². The van der Waals surface area contributed by atoms with E-state index in [0.717, 1.165) is 0 Å². The molecule has 1 heterocycles. The van der Waals surface area contributed by atoms with Crippen molar-refractivity contribution in [3.8, 4) is 11.8 Å². The summed E-state index contributed by atoms with van der Waals surface area (Å²) < 4.78 is 5.49. The Morgan fingerprint density at radius 2 is 1.90 bits per heavy atom. The molecular formula is C13H15N5O3. The maximum atomic E-state index is 11.1. The van der Waals surface area contributed by atoms with Crippen molar-refractivity contribution in [2.75, 3.05) is 19.0 Å². The zero-order chi connectivity index (χ0) is 15.6. The van der Waals surface area contributed by atoms with Gasteiger partial charge in [0.15, 0.2) is 0 Å². The van der Waals surface area contributed by atoms with Crippen molar-refractivity contribution in [3.63, 3.8) is 0 Å². The van der Waals surface area contributed by atoms with E-state index in [9.17, 15) is 10.1 Å². The lowest BCUT2D eigenvalue weighted by Crippen LogP contribution is -2.14. The number of nitrogens with zero attached hydrogens (tertiary/aromatic N) is 5. The second-order valence-electron chi connectivity index (χ2n) is 4.64. The van der Waals surface area contributed by atoms with Crippen molar-refractivity contribution in [2.24, 2.45) is 0 Å². The fourth-order valence-corrected chi connectivity index (χ4v) is 1.74. The Morgan fingerprint density at radius 1 is 1.19 bits per heavy atom. The number of hydrogen-bond acceptors (Lipinski definition) is 7. The molecule has 0 unspecified atom stereocenters. The third-order valence-corrected chi connectivity index (χ3v) is 2.70. The number of rotatable bonds is 4. The average Bonchev–Trinajstić information content (AvgIpc) is 2.37. The number of aryl methyl sites for hydroxylation is 2. The molecule has 8 heteroatoms. The number of anilines is 1.